The maximum Gasteiger partial charge on any atom is 0.143 e. The van der Waals surface area contributed by atoms with Gasteiger partial charge in [-0.1, -0.05) is 48.5 Å². The standard InChI is InChI=1S/C24H22ClNO2/c25-14-4-5-15-27-21-12-7-11-19-23(21)18-10-6-13-22-24(18)26(19)20(16-28-22)17-8-2-1-3-9-17/h1-3,6-13,20H,4-5,14-16H2. The van der Waals surface area contributed by atoms with Gasteiger partial charge in [0, 0.05) is 16.7 Å². The molecule has 0 fully saturated rings. The van der Waals surface area contributed by atoms with Crippen molar-refractivity contribution in [1.29, 1.82) is 0 Å². The molecule has 0 spiro atoms. The summed E-state index contributed by atoms with van der Waals surface area (Å²) in [5, 5.41) is 2.35. The van der Waals surface area contributed by atoms with Crippen molar-refractivity contribution >= 4 is 33.4 Å². The summed E-state index contributed by atoms with van der Waals surface area (Å²) in [6, 6.07) is 23.3. The molecule has 0 saturated carbocycles. The second-order valence-electron chi connectivity index (χ2n) is 7.15. The molecule has 1 aliphatic heterocycles. The first-order chi connectivity index (χ1) is 13.9. The van der Waals surface area contributed by atoms with Gasteiger partial charge in [-0.2, -0.15) is 0 Å². The number of benzene rings is 3. The molecule has 1 unspecified atom stereocenters. The predicted octanol–water partition coefficient (Wildman–Crippen LogP) is 6.17. The first kappa shape index (κ1) is 17.4. The molecule has 1 atom stereocenters. The molecule has 0 aliphatic carbocycles. The van der Waals surface area contributed by atoms with Crippen LogP contribution < -0.4 is 9.47 Å². The van der Waals surface area contributed by atoms with Crippen LogP contribution in [-0.2, 0) is 0 Å². The average molecular weight is 392 g/mol. The number of aromatic nitrogens is 1. The van der Waals surface area contributed by atoms with Crippen molar-refractivity contribution in [1.82, 2.24) is 4.57 Å². The van der Waals surface area contributed by atoms with Gasteiger partial charge in [0.05, 0.1) is 23.7 Å². The minimum atomic E-state index is 0.141. The van der Waals surface area contributed by atoms with Gasteiger partial charge in [-0.25, -0.2) is 0 Å². The number of nitrogens with zero attached hydrogens (tertiary/aromatic N) is 1. The average Bonchev–Trinajstić information content (AvgIpc) is 3.09. The van der Waals surface area contributed by atoms with Crippen LogP contribution in [0.4, 0.5) is 0 Å². The highest BCUT2D eigenvalue weighted by Gasteiger charge is 2.28. The van der Waals surface area contributed by atoms with E-state index in [9.17, 15) is 0 Å². The largest absolute Gasteiger partial charge is 0.493 e. The summed E-state index contributed by atoms with van der Waals surface area (Å²) in [7, 11) is 0. The summed E-state index contributed by atoms with van der Waals surface area (Å²) < 4.78 is 14.8. The Kier molecular flexibility index (Phi) is 4.61. The minimum absolute atomic E-state index is 0.141. The van der Waals surface area contributed by atoms with Gasteiger partial charge < -0.3 is 14.0 Å². The summed E-state index contributed by atoms with van der Waals surface area (Å²) in [6.07, 6.45) is 1.92. The maximum absolute atomic E-state index is 6.18. The molecule has 28 heavy (non-hydrogen) atoms. The Labute approximate surface area is 169 Å². The third kappa shape index (κ3) is 2.82. The van der Waals surface area contributed by atoms with Crippen molar-refractivity contribution < 1.29 is 9.47 Å². The van der Waals surface area contributed by atoms with E-state index in [4.69, 9.17) is 21.1 Å². The smallest absolute Gasteiger partial charge is 0.143 e. The zero-order valence-electron chi connectivity index (χ0n) is 15.6. The van der Waals surface area contributed by atoms with Crippen LogP contribution >= 0.6 is 11.6 Å². The van der Waals surface area contributed by atoms with Crippen LogP contribution in [0.2, 0.25) is 0 Å². The highest BCUT2D eigenvalue weighted by Crippen LogP contribution is 2.44. The fourth-order valence-corrected chi connectivity index (χ4v) is 4.38. The van der Waals surface area contributed by atoms with E-state index in [2.05, 4.69) is 71.3 Å². The number of para-hydroxylation sites is 1. The van der Waals surface area contributed by atoms with Crippen LogP contribution in [0.5, 0.6) is 11.5 Å². The van der Waals surface area contributed by atoms with Crippen molar-refractivity contribution in [3.63, 3.8) is 0 Å². The molecule has 1 aromatic heterocycles. The normalized spacial score (nSPS) is 15.7. The predicted molar refractivity (Wildman–Crippen MR) is 115 cm³/mol. The molecule has 0 radical (unpaired) electrons. The summed E-state index contributed by atoms with van der Waals surface area (Å²) >= 11 is 5.80. The van der Waals surface area contributed by atoms with Gasteiger partial charge in [0.25, 0.3) is 0 Å². The summed E-state index contributed by atoms with van der Waals surface area (Å²) in [6.45, 7) is 1.30. The van der Waals surface area contributed by atoms with Gasteiger partial charge in [-0.05, 0) is 36.6 Å². The fourth-order valence-electron chi connectivity index (χ4n) is 4.19. The van der Waals surface area contributed by atoms with Crippen LogP contribution in [0, 0.1) is 0 Å². The Balaban J connectivity index is 1.71. The molecule has 0 saturated heterocycles. The molecule has 3 nitrogen and oxygen atoms in total. The highest BCUT2D eigenvalue weighted by molar-refractivity contribution is 6.17. The molecular formula is C24H22ClNO2. The lowest BCUT2D eigenvalue weighted by Crippen LogP contribution is -2.22. The van der Waals surface area contributed by atoms with E-state index in [0.29, 0.717) is 19.1 Å². The van der Waals surface area contributed by atoms with E-state index in [1.165, 1.54) is 16.5 Å². The Morgan fingerprint density at radius 3 is 2.68 bits per heavy atom. The molecule has 4 heteroatoms. The third-order valence-corrected chi connectivity index (χ3v) is 5.72. The number of fused-ring (bicyclic) bond motifs is 3. The maximum atomic E-state index is 6.18. The minimum Gasteiger partial charge on any atom is -0.493 e. The fraction of sp³-hybridized carbons (Fsp3) is 0.250. The number of halogens is 1. The molecule has 142 valence electrons. The quantitative estimate of drug-likeness (QED) is 0.289. The van der Waals surface area contributed by atoms with Gasteiger partial charge in [0.15, 0.2) is 0 Å². The Morgan fingerprint density at radius 2 is 1.82 bits per heavy atom. The first-order valence-electron chi connectivity index (χ1n) is 9.80. The molecule has 3 aromatic carbocycles. The zero-order valence-corrected chi connectivity index (χ0v) is 16.4. The molecule has 0 bridgehead atoms. The second-order valence-corrected chi connectivity index (χ2v) is 7.53. The highest BCUT2D eigenvalue weighted by atomic mass is 35.5. The van der Waals surface area contributed by atoms with Crippen LogP contribution in [0.15, 0.2) is 66.7 Å². The zero-order chi connectivity index (χ0) is 18.9. The third-order valence-electron chi connectivity index (χ3n) is 5.45. The van der Waals surface area contributed by atoms with Crippen molar-refractivity contribution in [3.8, 4) is 11.5 Å². The lowest BCUT2D eigenvalue weighted by molar-refractivity contribution is 0.262. The van der Waals surface area contributed by atoms with Crippen molar-refractivity contribution in [2.45, 2.75) is 18.9 Å². The van der Waals surface area contributed by atoms with Crippen molar-refractivity contribution in [2.75, 3.05) is 19.1 Å². The summed E-state index contributed by atoms with van der Waals surface area (Å²) in [4.78, 5) is 0. The van der Waals surface area contributed by atoms with E-state index in [1.807, 2.05) is 0 Å². The number of rotatable bonds is 6. The molecule has 0 amide bonds. The van der Waals surface area contributed by atoms with Gasteiger partial charge in [0.2, 0.25) is 0 Å². The van der Waals surface area contributed by atoms with E-state index in [-0.39, 0.29) is 6.04 Å². The van der Waals surface area contributed by atoms with E-state index < -0.39 is 0 Å². The second kappa shape index (κ2) is 7.40. The van der Waals surface area contributed by atoms with Crippen LogP contribution in [-0.4, -0.2) is 23.7 Å². The van der Waals surface area contributed by atoms with E-state index >= 15 is 0 Å². The van der Waals surface area contributed by atoms with E-state index in [1.54, 1.807) is 0 Å². The van der Waals surface area contributed by atoms with Gasteiger partial charge in [0.1, 0.15) is 18.1 Å². The Hall–Kier alpha value is -2.65. The number of alkyl halides is 1. The van der Waals surface area contributed by atoms with Crippen LogP contribution in [0.25, 0.3) is 21.8 Å². The van der Waals surface area contributed by atoms with Crippen molar-refractivity contribution in [3.05, 3.63) is 72.3 Å². The van der Waals surface area contributed by atoms with Gasteiger partial charge in [-0.3, -0.25) is 0 Å². The molecule has 5 rings (SSSR count). The summed E-state index contributed by atoms with van der Waals surface area (Å²) in [5.74, 6) is 2.54. The number of ether oxygens (including phenoxy) is 2. The monoisotopic (exact) mass is 391 g/mol. The topological polar surface area (TPSA) is 23.4 Å². The molecule has 4 aromatic rings. The number of hydrogen-bond acceptors (Lipinski definition) is 2. The van der Waals surface area contributed by atoms with Gasteiger partial charge >= 0.3 is 0 Å². The lowest BCUT2D eigenvalue weighted by atomic mass is 10.1. The first-order valence-corrected chi connectivity index (χ1v) is 10.3. The number of unbranched alkanes of at least 4 members (excludes halogenated alkanes) is 1. The van der Waals surface area contributed by atoms with E-state index in [0.717, 1.165) is 35.2 Å². The van der Waals surface area contributed by atoms with Crippen LogP contribution in [0.1, 0.15) is 24.4 Å². The van der Waals surface area contributed by atoms with Gasteiger partial charge in [-0.15, -0.1) is 11.6 Å². The Bertz CT molecular complexity index is 1120. The Morgan fingerprint density at radius 1 is 0.964 bits per heavy atom. The summed E-state index contributed by atoms with van der Waals surface area (Å²) in [5.41, 5.74) is 3.59. The molecule has 2 heterocycles. The molecular weight excluding hydrogens is 370 g/mol. The SMILES string of the molecule is ClCCCCOc1cccc2c1c1cccc3c1n2C(c1ccccc1)CO3. The molecule has 0 N–H and O–H groups in total. The van der Waals surface area contributed by atoms with Crippen molar-refractivity contribution in [2.24, 2.45) is 0 Å². The molecule has 1 aliphatic rings. The lowest BCUT2D eigenvalue weighted by Gasteiger charge is -2.27. The van der Waals surface area contributed by atoms with Crippen LogP contribution in [0.3, 0.4) is 0 Å². The number of hydrogen-bond donors (Lipinski definition) is 0.